The predicted octanol–water partition coefficient (Wildman–Crippen LogP) is 4.05. The highest BCUT2D eigenvalue weighted by atomic mass is 79.9. The maximum Gasteiger partial charge on any atom is 0.324 e. The summed E-state index contributed by atoms with van der Waals surface area (Å²) in [6, 6.07) is 10.0. The third-order valence-corrected chi connectivity index (χ3v) is 5.88. The van der Waals surface area contributed by atoms with E-state index < -0.39 is 0 Å². The van der Waals surface area contributed by atoms with Crippen LogP contribution < -0.4 is 5.32 Å². The number of amides is 2. The number of thiazole rings is 1. The first-order valence-electron chi connectivity index (χ1n) is 8.35. The fraction of sp³-hybridized carbons (Fsp3) is 0.278. The van der Waals surface area contributed by atoms with Gasteiger partial charge < -0.3 is 4.90 Å². The van der Waals surface area contributed by atoms with E-state index in [-0.39, 0.29) is 6.03 Å². The summed E-state index contributed by atoms with van der Waals surface area (Å²) in [6.45, 7) is 3.91. The molecule has 0 saturated carbocycles. The average molecular weight is 432 g/mol. The fourth-order valence-electron chi connectivity index (χ4n) is 3.04. The molecule has 1 N–H and O–H groups in total. The second-order valence-corrected chi connectivity index (χ2v) is 7.98. The van der Waals surface area contributed by atoms with Crippen LogP contribution in [-0.2, 0) is 19.5 Å². The van der Waals surface area contributed by atoms with Gasteiger partial charge in [0, 0.05) is 22.8 Å². The van der Waals surface area contributed by atoms with E-state index in [4.69, 9.17) is 0 Å². The Labute approximate surface area is 164 Å². The summed E-state index contributed by atoms with van der Waals surface area (Å²) < 4.78 is 3.04. The van der Waals surface area contributed by atoms with Crippen LogP contribution in [0, 0.1) is 6.92 Å². The minimum Gasteiger partial charge on any atom is -0.317 e. The molecule has 0 atom stereocenters. The Hall–Kier alpha value is -2.19. The lowest BCUT2D eigenvalue weighted by Gasteiger charge is -2.27. The van der Waals surface area contributed by atoms with Gasteiger partial charge in [0.1, 0.15) is 0 Å². The molecule has 0 radical (unpaired) electrons. The van der Waals surface area contributed by atoms with E-state index in [0.717, 1.165) is 34.5 Å². The van der Waals surface area contributed by atoms with Crippen molar-refractivity contribution in [1.82, 2.24) is 19.7 Å². The van der Waals surface area contributed by atoms with Gasteiger partial charge >= 0.3 is 6.03 Å². The number of nitrogens with one attached hydrogen (secondary N) is 1. The van der Waals surface area contributed by atoms with Crippen molar-refractivity contribution < 1.29 is 4.79 Å². The Kier molecular flexibility index (Phi) is 4.78. The molecule has 3 aromatic rings. The molecule has 8 heteroatoms. The Balaban J connectivity index is 1.40. The molecule has 1 aromatic carbocycles. The Bertz CT molecular complexity index is 951. The molecule has 2 amide bonds. The molecule has 26 heavy (non-hydrogen) atoms. The van der Waals surface area contributed by atoms with Crippen molar-refractivity contribution in [2.24, 2.45) is 0 Å². The van der Waals surface area contributed by atoms with Gasteiger partial charge in [0.2, 0.25) is 0 Å². The monoisotopic (exact) mass is 431 g/mol. The van der Waals surface area contributed by atoms with Crippen LogP contribution in [0.4, 0.5) is 9.93 Å². The molecule has 0 fully saturated rings. The third-order valence-electron chi connectivity index (χ3n) is 4.30. The highest BCUT2D eigenvalue weighted by Gasteiger charge is 2.22. The maximum absolute atomic E-state index is 12.6. The van der Waals surface area contributed by atoms with Crippen LogP contribution in [-0.4, -0.2) is 32.2 Å². The van der Waals surface area contributed by atoms with Crippen molar-refractivity contribution in [2.75, 3.05) is 11.9 Å². The Morgan fingerprint density at radius 2 is 2.19 bits per heavy atom. The van der Waals surface area contributed by atoms with Crippen molar-refractivity contribution in [3.8, 4) is 0 Å². The summed E-state index contributed by atoms with van der Waals surface area (Å²) in [5.41, 5.74) is 4.18. The van der Waals surface area contributed by atoms with E-state index in [1.807, 2.05) is 41.3 Å². The predicted molar refractivity (Wildman–Crippen MR) is 105 cm³/mol. The Morgan fingerprint density at radius 3 is 3.04 bits per heavy atom. The van der Waals surface area contributed by atoms with Gasteiger partial charge in [0.25, 0.3) is 0 Å². The second-order valence-electron chi connectivity index (χ2n) is 6.26. The highest BCUT2D eigenvalue weighted by Crippen LogP contribution is 2.23. The molecular weight excluding hydrogens is 414 g/mol. The van der Waals surface area contributed by atoms with Crippen LogP contribution in [0.1, 0.15) is 22.6 Å². The zero-order chi connectivity index (χ0) is 18.1. The van der Waals surface area contributed by atoms with E-state index in [1.165, 1.54) is 16.9 Å². The molecule has 0 unspecified atom stereocenters. The number of aromatic nitrogens is 3. The smallest absolute Gasteiger partial charge is 0.317 e. The summed E-state index contributed by atoms with van der Waals surface area (Å²) in [5, 5.41) is 9.97. The lowest BCUT2D eigenvalue weighted by molar-refractivity contribution is 0.194. The minimum absolute atomic E-state index is 0.114. The molecule has 1 aliphatic rings. The highest BCUT2D eigenvalue weighted by molar-refractivity contribution is 9.10. The van der Waals surface area contributed by atoms with E-state index in [2.05, 4.69) is 37.4 Å². The van der Waals surface area contributed by atoms with Gasteiger partial charge in [-0.05, 0) is 24.6 Å². The quantitative estimate of drug-likeness (QED) is 0.680. The number of carbonyl (C=O) groups is 1. The summed E-state index contributed by atoms with van der Waals surface area (Å²) >= 11 is 5.01. The van der Waals surface area contributed by atoms with E-state index >= 15 is 0 Å². The molecule has 3 heterocycles. The summed E-state index contributed by atoms with van der Waals surface area (Å²) in [4.78, 5) is 18.9. The molecule has 0 spiro atoms. The number of hydrogen-bond donors (Lipinski definition) is 1. The number of anilines is 1. The lowest BCUT2D eigenvalue weighted by atomic mass is 10.1. The van der Waals surface area contributed by atoms with E-state index in [1.54, 1.807) is 4.90 Å². The topological polar surface area (TPSA) is 63.1 Å². The molecule has 134 valence electrons. The van der Waals surface area contributed by atoms with Crippen molar-refractivity contribution in [3.05, 3.63) is 62.8 Å². The number of carbonyl (C=O) groups excluding carboxylic acids is 1. The van der Waals surface area contributed by atoms with Gasteiger partial charge in [0.05, 0.1) is 30.2 Å². The van der Waals surface area contributed by atoms with Crippen molar-refractivity contribution >= 4 is 38.4 Å². The summed E-state index contributed by atoms with van der Waals surface area (Å²) in [7, 11) is 0. The number of fused-ring (bicyclic) bond motifs is 1. The van der Waals surface area contributed by atoms with Crippen LogP contribution in [0.2, 0.25) is 0 Å². The first-order valence-corrected chi connectivity index (χ1v) is 10.0. The summed E-state index contributed by atoms with van der Waals surface area (Å²) in [5.74, 6) is 0. The normalized spacial score (nSPS) is 13.5. The van der Waals surface area contributed by atoms with Crippen LogP contribution in [0.25, 0.3) is 0 Å². The minimum atomic E-state index is -0.114. The lowest BCUT2D eigenvalue weighted by Crippen LogP contribution is -2.40. The van der Waals surface area contributed by atoms with Gasteiger partial charge in [0.15, 0.2) is 5.13 Å². The average Bonchev–Trinajstić information content (AvgIpc) is 3.21. The molecule has 2 aromatic heterocycles. The standard InChI is InChI=1S/C18H18BrN5OS/c1-12-8-15-10-23(6-7-24(15)22-12)18(25)21-17-20-14(11-26-17)9-13-4-2-3-5-16(13)19/h2-5,8,11H,6-7,9-10H2,1H3,(H,20,21,25). The molecule has 0 aliphatic carbocycles. The van der Waals surface area contributed by atoms with Gasteiger partial charge in [-0.1, -0.05) is 34.1 Å². The zero-order valence-corrected chi connectivity index (χ0v) is 16.7. The van der Waals surface area contributed by atoms with Gasteiger partial charge in [-0.3, -0.25) is 10.00 Å². The van der Waals surface area contributed by atoms with Gasteiger partial charge in [-0.25, -0.2) is 9.78 Å². The number of nitrogens with zero attached hydrogens (tertiary/aromatic N) is 4. The fourth-order valence-corrected chi connectivity index (χ4v) is 4.16. The number of benzene rings is 1. The molecule has 0 bridgehead atoms. The number of halogens is 1. The van der Waals surface area contributed by atoms with Crippen LogP contribution in [0.3, 0.4) is 0 Å². The number of rotatable bonds is 3. The van der Waals surface area contributed by atoms with Crippen molar-refractivity contribution in [2.45, 2.75) is 26.4 Å². The first-order chi connectivity index (χ1) is 12.6. The number of hydrogen-bond acceptors (Lipinski definition) is 4. The van der Waals surface area contributed by atoms with E-state index in [0.29, 0.717) is 18.2 Å². The molecule has 0 saturated heterocycles. The van der Waals surface area contributed by atoms with Gasteiger partial charge in [-0.2, -0.15) is 5.10 Å². The van der Waals surface area contributed by atoms with E-state index in [9.17, 15) is 4.79 Å². The van der Waals surface area contributed by atoms with Gasteiger partial charge in [-0.15, -0.1) is 11.3 Å². The van der Waals surface area contributed by atoms with Crippen LogP contribution in [0.15, 0.2) is 40.2 Å². The number of urea groups is 1. The number of aryl methyl sites for hydroxylation is 1. The van der Waals surface area contributed by atoms with Crippen molar-refractivity contribution in [3.63, 3.8) is 0 Å². The third kappa shape index (κ3) is 3.66. The zero-order valence-electron chi connectivity index (χ0n) is 14.3. The second kappa shape index (κ2) is 7.20. The molecule has 1 aliphatic heterocycles. The SMILES string of the molecule is Cc1cc2n(n1)CCN(C(=O)Nc1nc(Cc3ccccc3Br)cs1)C2. The molecular formula is C18H18BrN5OS. The van der Waals surface area contributed by atoms with Crippen LogP contribution >= 0.6 is 27.3 Å². The molecule has 4 rings (SSSR count). The first kappa shape index (κ1) is 17.2. The Morgan fingerprint density at radius 1 is 1.35 bits per heavy atom. The largest absolute Gasteiger partial charge is 0.324 e. The maximum atomic E-state index is 12.6. The molecule has 6 nitrogen and oxygen atoms in total. The summed E-state index contributed by atoms with van der Waals surface area (Å²) in [6.07, 6.45) is 0.732. The van der Waals surface area contributed by atoms with Crippen LogP contribution in [0.5, 0.6) is 0 Å². The van der Waals surface area contributed by atoms with Crippen molar-refractivity contribution in [1.29, 1.82) is 0 Å².